The summed E-state index contributed by atoms with van der Waals surface area (Å²) in [5.41, 5.74) is -0.370. The van der Waals surface area contributed by atoms with Crippen molar-refractivity contribution < 1.29 is 19.4 Å². The lowest BCUT2D eigenvalue weighted by Crippen LogP contribution is -2.37. The molecule has 0 bridgehead atoms. The summed E-state index contributed by atoms with van der Waals surface area (Å²) in [5.74, 6) is -0.0623. The van der Waals surface area contributed by atoms with Gasteiger partial charge in [0.1, 0.15) is 11.4 Å². The van der Waals surface area contributed by atoms with Gasteiger partial charge in [0.2, 0.25) is 0 Å². The lowest BCUT2D eigenvalue weighted by atomic mass is 10.0. The Morgan fingerprint density at radius 2 is 2.40 bits per heavy atom. The van der Waals surface area contributed by atoms with Crippen molar-refractivity contribution in [1.29, 1.82) is 0 Å². The molecule has 0 saturated carbocycles. The smallest absolute Gasteiger partial charge is 0.313 e. The first-order chi connectivity index (χ1) is 9.60. The number of thioether (sulfide) groups is 1. The quantitative estimate of drug-likeness (QED) is 0.746. The summed E-state index contributed by atoms with van der Waals surface area (Å²) in [4.78, 5) is 10.7. The Morgan fingerprint density at radius 1 is 1.60 bits per heavy atom. The maximum atomic E-state index is 10.7. The van der Waals surface area contributed by atoms with Crippen LogP contribution in [0.2, 0.25) is 0 Å². The molecule has 0 radical (unpaired) electrons. The number of ether oxygens (including phenoxy) is 2. The van der Waals surface area contributed by atoms with Gasteiger partial charge in [-0.05, 0) is 0 Å². The number of rotatable bonds is 7. The molecule has 1 aliphatic rings. The lowest BCUT2D eigenvalue weighted by Gasteiger charge is -2.27. The van der Waals surface area contributed by atoms with E-state index >= 15 is 0 Å². The summed E-state index contributed by atoms with van der Waals surface area (Å²) in [6.45, 7) is 3.79. The predicted octanol–water partition coefficient (Wildman–Crippen LogP) is 0.823. The predicted molar refractivity (Wildman–Crippen MR) is 72.9 cm³/mol. The zero-order chi connectivity index (χ0) is 14.6. The first-order valence-electron chi connectivity index (χ1n) is 6.50. The minimum atomic E-state index is -0.867. The second-order valence-electron chi connectivity index (χ2n) is 4.71. The SMILES string of the molecule is CCc1nnc(SCC(=O)O)n1CC1(OC)CCOC1. The molecular weight excluding hydrogens is 282 g/mol. The van der Waals surface area contributed by atoms with Gasteiger partial charge in [0.15, 0.2) is 5.16 Å². The second-order valence-corrected chi connectivity index (χ2v) is 5.65. The zero-order valence-corrected chi connectivity index (χ0v) is 12.5. The van der Waals surface area contributed by atoms with Crippen LogP contribution in [0.1, 0.15) is 19.2 Å². The van der Waals surface area contributed by atoms with Crippen molar-refractivity contribution in [3.8, 4) is 0 Å². The van der Waals surface area contributed by atoms with Crippen molar-refractivity contribution in [2.75, 3.05) is 26.1 Å². The van der Waals surface area contributed by atoms with Crippen molar-refractivity contribution >= 4 is 17.7 Å². The number of aliphatic carboxylic acids is 1. The number of carboxylic acid groups (broad SMARTS) is 1. The molecule has 1 aromatic heterocycles. The van der Waals surface area contributed by atoms with Gasteiger partial charge in [-0.2, -0.15) is 0 Å². The number of carboxylic acids is 1. The molecule has 2 rings (SSSR count). The van der Waals surface area contributed by atoms with Gasteiger partial charge in [0.05, 0.1) is 18.9 Å². The fourth-order valence-corrected chi connectivity index (χ4v) is 2.88. The number of methoxy groups -OCH3 is 1. The van der Waals surface area contributed by atoms with Gasteiger partial charge in [0.25, 0.3) is 0 Å². The maximum Gasteiger partial charge on any atom is 0.313 e. The highest BCUT2D eigenvalue weighted by molar-refractivity contribution is 7.99. The molecule has 0 amide bonds. The molecule has 0 aliphatic carbocycles. The van der Waals surface area contributed by atoms with Crippen LogP contribution in [0.3, 0.4) is 0 Å². The molecule has 2 heterocycles. The largest absolute Gasteiger partial charge is 0.481 e. The Labute approximate surface area is 121 Å². The van der Waals surface area contributed by atoms with Gasteiger partial charge in [-0.3, -0.25) is 4.79 Å². The van der Waals surface area contributed by atoms with E-state index in [1.807, 2.05) is 11.5 Å². The number of aryl methyl sites for hydroxylation is 1. The van der Waals surface area contributed by atoms with Gasteiger partial charge in [0, 0.05) is 26.6 Å². The van der Waals surface area contributed by atoms with Gasteiger partial charge in [-0.1, -0.05) is 18.7 Å². The molecule has 112 valence electrons. The van der Waals surface area contributed by atoms with Crippen molar-refractivity contribution in [1.82, 2.24) is 14.8 Å². The van der Waals surface area contributed by atoms with Crippen molar-refractivity contribution in [3.63, 3.8) is 0 Å². The second kappa shape index (κ2) is 6.55. The van der Waals surface area contributed by atoms with Crippen molar-refractivity contribution in [2.24, 2.45) is 0 Å². The van der Waals surface area contributed by atoms with Crippen LogP contribution in [-0.2, 0) is 27.2 Å². The molecule has 7 nitrogen and oxygen atoms in total. The summed E-state index contributed by atoms with van der Waals surface area (Å²) in [6, 6.07) is 0. The number of nitrogens with zero attached hydrogens (tertiary/aromatic N) is 3. The molecule has 1 fully saturated rings. The molecular formula is C12H19N3O4S. The Bertz CT molecular complexity index is 471. The molecule has 1 aromatic rings. The van der Waals surface area contributed by atoms with Crippen molar-refractivity contribution in [2.45, 2.75) is 37.1 Å². The zero-order valence-electron chi connectivity index (χ0n) is 11.7. The summed E-state index contributed by atoms with van der Waals surface area (Å²) < 4.78 is 13.0. The molecule has 0 aromatic carbocycles. The van der Waals surface area contributed by atoms with Gasteiger partial charge < -0.3 is 19.1 Å². The van der Waals surface area contributed by atoms with Crippen molar-refractivity contribution in [3.05, 3.63) is 5.82 Å². The monoisotopic (exact) mass is 301 g/mol. The molecule has 1 saturated heterocycles. The summed E-state index contributed by atoms with van der Waals surface area (Å²) in [7, 11) is 1.68. The maximum absolute atomic E-state index is 10.7. The number of aromatic nitrogens is 3. The first kappa shape index (κ1) is 15.3. The van der Waals surface area contributed by atoms with Gasteiger partial charge >= 0.3 is 5.97 Å². The third-order valence-electron chi connectivity index (χ3n) is 3.38. The molecule has 1 N–H and O–H groups in total. The van der Waals surface area contributed by atoms with E-state index in [9.17, 15) is 4.79 Å². The Hall–Kier alpha value is -1.12. The summed E-state index contributed by atoms with van der Waals surface area (Å²) >= 11 is 1.18. The van der Waals surface area contributed by atoms with Crippen LogP contribution in [0.5, 0.6) is 0 Å². The van der Waals surface area contributed by atoms with Crippen LogP contribution in [-0.4, -0.2) is 57.5 Å². The van der Waals surface area contributed by atoms with E-state index in [1.165, 1.54) is 11.8 Å². The molecule has 1 unspecified atom stereocenters. The van der Waals surface area contributed by atoms with Crippen LogP contribution in [0.25, 0.3) is 0 Å². The van der Waals surface area contributed by atoms with E-state index in [4.69, 9.17) is 14.6 Å². The van der Waals surface area contributed by atoms with Gasteiger partial charge in [-0.25, -0.2) is 0 Å². The Balaban J connectivity index is 2.19. The standard InChI is InChI=1S/C12H19N3O4S/c1-3-9-13-14-11(20-6-10(16)17)15(9)7-12(18-2)4-5-19-8-12/h3-8H2,1-2H3,(H,16,17). The third-order valence-corrected chi connectivity index (χ3v) is 4.33. The molecule has 20 heavy (non-hydrogen) atoms. The normalized spacial score (nSPS) is 22.3. The van der Waals surface area contributed by atoms with Crippen LogP contribution in [0.15, 0.2) is 5.16 Å². The third kappa shape index (κ3) is 3.31. The number of carbonyl (C=O) groups is 1. The van der Waals surface area contributed by atoms with Crippen LogP contribution >= 0.6 is 11.8 Å². The fourth-order valence-electron chi connectivity index (χ4n) is 2.20. The van der Waals surface area contributed by atoms with E-state index in [2.05, 4.69) is 10.2 Å². The Kier molecular flexibility index (Phi) is 5.00. The molecule has 1 atom stereocenters. The highest BCUT2D eigenvalue weighted by atomic mass is 32.2. The average molecular weight is 301 g/mol. The van der Waals surface area contributed by atoms with E-state index < -0.39 is 5.97 Å². The van der Waals surface area contributed by atoms with Crippen LogP contribution in [0, 0.1) is 0 Å². The lowest BCUT2D eigenvalue weighted by molar-refractivity contribution is -0.133. The molecule has 8 heteroatoms. The van der Waals surface area contributed by atoms with Crippen LogP contribution in [0.4, 0.5) is 0 Å². The summed E-state index contributed by atoms with van der Waals surface area (Å²) in [6.07, 6.45) is 1.55. The number of hydrogen-bond acceptors (Lipinski definition) is 6. The van der Waals surface area contributed by atoms with E-state index in [0.717, 1.165) is 18.7 Å². The average Bonchev–Trinajstić information content (AvgIpc) is 3.04. The van der Waals surface area contributed by atoms with Crippen LogP contribution < -0.4 is 0 Å². The highest BCUT2D eigenvalue weighted by Crippen LogP contribution is 2.28. The minimum absolute atomic E-state index is 0.0294. The number of hydrogen-bond donors (Lipinski definition) is 1. The van der Waals surface area contributed by atoms with E-state index in [1.54, 1.807) is 7.11 Å². The summed E-state index contributed by atoms with van der Waals surface area (Å²) in [5, 5.41) is 17.6. The topological polar surface area (TPSA) is 86.5 Å². The van der Waals surface area contributed by atoms with E-state index in [0.29, 0.717) is 24.9 Å². The van der Waals surface area contributed by atoms with E-state index in [-0.39, 0.29) is 11.4 Å². The minimum Gasteiger partial charge on any atom is -0.481 e. The Morgan fingerprint density at radius 3 is 2.95 bits per heavy atom. The first-order valence-corrected chi connectivity index (χ1v) is 7.48. The molecule has 0 spiro atoms. The molecule has 1 aliphatic heterocycles. The fraction of sp³-hybridized carbons (Fsp3) is 0.750. The highest BCUT2D eigenvalue weighted by Gasteiger charge is 2.36. The van der Waals surface area contributed by atoms with Gasteiger partial charge in [-0.15, -0.1) is 10.2 Å².